The van der Waals surface area contributed by atoms with Crippen LogP contribution in [-0.2, 0) is 12.8 Å². The molecule has 2 aromatic rings. The van der Waals surface area contributed by atoms with Gasteiger partial charge < -0.3 is 4.74 Å². The van der Waals surface area contributed by atoms with E-state index in [1.54, 1.807) is 7.11 Å². The Labute approximate surface area is 119 Å². The molecule has 0 aliphatic heterocycles. The topological polar surface area (TPSA) is 26.3 Å². The van der Waals surface area contributed by atoms with Gasteiger partial charge in [0.25, 0.3) is 0 Å². The minimum Gasteiger partial charge on any atom is -0.497 e. The van der Waals surface area contributed by atoms with Crippen LogP contribution in [0.15, 0.2) is 30.3 Å². The summed E-state index contributed by atoms with van der Waals surface area (Å²) in [4.78, 5) is 12.7. The van der Waals surface area contributed by atoms with Crippen molar-refractivity contribution in [1.82, 2.24) is 0 Å². The van der Waals surface area contributed by atoms with Gasteiger partial charge in [0.1, 0.15) is 5.75 Å². The fraction of sp³-hybridized carbons (Fsp3) is 0.278. The van der Waals surface area contributed by atoms with Crippen molar-refractivity contribution in [1.29, 1.82) is 0 Å². The Bertz CT molecular complexity index is 699. The first-order chi connectivity index (χ1) is 9.69. The van der Waals surface area contributed by atoms with E-state index < -0.39 is 0 Å². The molecule has 2 nitrogen and oxygen atoms in total. The second-order valence-electron chi connectivity index (χ2n) is 5.13. The highest BCUT2D eigenvalue weighted by molar-refractivity contribution is 6.22. The van der Waals surface area contributed by atoms with Crippen LogP contribution in [0.4, 0.5) is 0 Å². The number of ether oxygens (including phenoxy) is 1. The smallest absolute Gasteiger partial charge is 0.194 e. The molecule has 2 heteroatoms. The second kappa shape index (κ2) is 4.78. The van der Waals surface area contributed by atoms with Gasteiger partial charge in [-0.05, 0) is 53.3 Å². The zero-order valence-electron chi connectivity index (χ0n) is 12.1. The van der Waals surface area contributed by atoms with Gasteiger partial charge in [0, 0.05) is 11.1 Å². The van der Waals surface area contributed by atoms with E-state index in [2.05, 4.69) is 26.0 Å². The van der Waals surface area contributed by atoms with Gasteiger partial charge in [0.15, 0.2) is 5.78 Å². The van der Waals surface area contributed by atoms with Crippen LogP contribution in [0.25, 0.3) is 11.1 Å². The molecule has 0 amide bonds. The Balaban J connectivity index is 2.28. The maximum absolute atomic E-state index is 12.7. The lowest BCUT2D eigenvalue weighted by atomic mass is 9.95. The lowest BCUT2D eigenvalue weighted by molar-refractivity contribution is 0.104. The van der Waals surface area contributed by atoms with E-state index in [0.29, 0.717) is 0 Å². The Hall–Kier alpha value is -2.09. The third-order valence-electron chi connectivity index (χ3n) is 4.06. The van der Waals surface area contributed by atoms with Crippen LogP contribution >= 0.6 is 0 Å². The molecule has 0 heterocycles. The Morgan fingerprint density at radius 1 is 0.950 bits per heavy atom. The van der Waals surface area contributed by atoms with E-state index in [0.717, 1.165) is 46.4 Å². The first kappa shape index (κ1) is 12.9. The zero-order chi connectivity index (χ0) is 14.3. The molecule has 0 N–H and O–H groups in total. The number of ketones is 1. The van der Waals surface area contributed by atoms with Crippen LogP contribution in [0.2, 0.25) is 0 Å². The van der Waals surface area contributed by atoms with Crippen molar-refractivity contribution in [2.24, 2.45) is 0 Å². The van der Waals surface area contributed by atoms with E-state index in [-0.39, 0.29) is 5.78 Å². The van der Waals surface area contributed by atoms with Crippen molar-refractivity contribution in [3.63, 3.8) is 0 Å². The van der Waals surface area contributed by atoms with Crippen molar-refractivity contribution < 1.29 is 9.53 Å². The van der Waals surface area contributed by atoms with Gasteiger partial charge in [-0.1, -0.05) is 26.0 Å². The van der Waals surface area contributed by atoms with Crippen molar-refractivity contribution in [3.8, 4) is 16.9 Å². The molecule has 1 aliphatic carbocycles. The van der Waals surface area contributed by atoms with Crippen molar-refractivity contribution in [3.05, 3.63) is 52.6 Å². The molecule has 3 rings (SSSR count). The molecular weight excluding hydrogens is 248 g/mol. The van der Waals surface area contributed by atoms with Crippen molar-refractivity contribution in [2.75, 3.05) is 7.11 Å². The van der Waals surface area contributed by atoms with Crippen LogP contribution in [0.3, 0.4) is 0 Å². The molecule has 0 radical (unpaired) electrons. The number of fused-ring (bicyclic) bond motifs is 3. The lowest BCUT2D eigenvalue weighted by Gasteiger charge is -2.08. The van der Waals surface area contributed by atoms with Crippen LogP contribution < -0.4 is 4.74 Å². The Kier molecular flexibility index (Phi) is 3.09. The summed E-state index contributed by atoms with van der Waals surface area (Å²) in [5.74, 6) is 0.868. The molecule has 0 fully saturated rings. The van der Waals surface area contributed by atoms with E-state index in [4.69, 9.17) is 4.74 Å². The molecule has 2 aromatic carbocycles. The SMILES string of the molecule is CCc1cc(CC)c2c(c1)-c1ccc(OC)cc1C2=O. The number of methoxy groups -OCH3 is 1. The van der Waals surface area contributed by atoms with E-state index in [9.17, 15) is 4.79 Å². The number of aryl methyl sites for hydroxylation is 2. The molecule has 1 aliphatic rings. The van der Waals surface area contributed by atoms with Crippen LogP contribution in [0.5, 0.6) is 5.75 Å². The highest BCUT2D eigenvalue weighted by Crippen LogP contribution is 2.40. The minimum absolute atomic E-state index is 0.133. The first-order valence-electron chi connectivity index (χ1n) is 7.08. The molecule has 0 atom stereocenters. The molecule has 0 saturated heterocycles. The van der Waals surface area contributed by atoms with Gasteiger partial charge in [-0.15, -0.1) is 0 Å². The average molecular weight is 266 g/mol. The number of carbonyl (C=O) groups excluding carboxylic acids is 1. The van der Waals surface area contributed by atoms with Gasteiger partial charge in [0.2, 0.25) is 0 Å². The molecule has 0 spiro atoms. The molecule has 0 bridgehead atoms. The molecule has 20 heavy (non-hydrogen) atoms. The maximum Gasteiger partial charge on any atom is 0.194 e. The molecule has 0 saturated carbocycles. The third-order valence-corrected chi connectivity index (χ3v) is 4.06. The first-order valence-corrected chi connectivity index (χ1v) is 7.08. The summed E-state index contributed by atoms with van der Waals surface area (Å²) >= 11 is 0. The number of carbonyl (C=O) groups is 1. The summed E-state index contributed by atoms with van der Waals surface area (Å²) in [6.45, 7) is 4.25. The van der Waals surface area contributed by atoms with Gasteiger partial charge >= 0.3 is 0 Å². The largest absolute Gasteiger partial charge is 0.497 e. The highest BCUT2D eigenvalue weighted by Gasteiger charge is 2.29. The summed E-state index contributed by atoms with van der Waals surface area (Å²) < 4.78 is 5.24. The Morgan fingerprint density at radius 3 is 2.40 bits per heavy atom. The number of rotatable bonds is 3. The number of benzene rings is 2. The van der Waals surface area contributed by atoms with Crippen LogP contribution in [-0.4, -0.2) is 12.9 Å². The van der Waals surface area contributed by atoms with Crippen molar-refractivity contribution in [2.45, 2.75) is 26.7 Å². The standard InChI is InChI=1S/C18H18O2/c1-4-11-8-12(5-2)17-15(9-11)14-7-6-13(20-3)10-16(14)18(17)19/h6-10H,4-5H2,1-3H3. The van der Waals surface area contributed by atoms with Crippen molar-refractivity contribution >= 4 is 5.78 Å². The second-order valence-corrected chi connectivity index (χ2v) is 5.13. The molecule has 0 unspecified atom stereocenters. The summed E-state index contributed by atoms with van der Waals surface area (Å²) in [5.41, 5.74) is 6.21. The summed E-state index contributed by atoms with van der Waals surface area (Å²) in [7, 11) is 1.63. The quantitative estimate of drug-likeness (QED) is 0.715. The predicted molar refractivity (Wildman–Crippen MR) is 80.6 cm³/mol. The van der Waals surface area contributed by atoms with Gasteiger partial charge in [-0.2, -0.15) is 0 Å². The number of hydrogen-bond donors (Lipinski definition) is 0. The predicted octanol–water partition coefficient (Wildman–Crippen LogP) is 4.03. The minimum atomic E-state index is 0.133. The van der Waals surface area contributed by atoms with Crippen LogP contribution in [0.1, 0.15) is 40.9 Å². The normalized spacial score (nSPS) is 12.2. The van der Waals surface area contributed by atoms with Gasteiger partial charge in [-0.3, -0.25) is 4.79 Å². The summed E-state index contributed by atoms with van der Waals surface area (Å²) in [6, 6.07) is 10.1. The maximum atomic E-state index is 12.7. The highest BCUT2D eigenvalue weighted by atomic mass is 16.5. The zero-order valence-corrected chi connectivity index (χ0v) is 12.1. The fourth-order valence-electron chi connectivity index (χ4n) is 2.94. The third kappa shape index (κ3) is 1.75. The monoisotopic (exact) mass is 266 g/mol. The van der Waals surface area contributed by atoms with Gasteiger partial charge in [-0.25, -0.2) is 0 Å². The average Bonchev–Trinajstić information content (AvgIpc) is 2.79. The van der Waals surface area contributed by atoms with E-state index in [1.165, 1.54) is 5.56 Å². The van der Waals surface area contributed by atoms with Crippen LogP contribution in [0, 0.1) is 0 Å². The van der Waals surface area contributed by atoms with E-state index in [1.807, 2.05) is 18.2 Å². The summed E-state index contributed by atoms with van der Waals surface area (Å²) in [5, 5.41) is 0. The fourth-order valence-corrected chi connectivity index (χ4v) is 2.94. The Morgan fingerprint density at radius 2 is 1.75 bits per heavy atom. The van der Waals surface area contributed by atoms with E-state index >= 15 is 0 Å². The number of hydrogen-bond acceptors (Lipinski definition) is 2. The summed E-state index contributed by atoms with van der Waals surface area (Å²) in [6.07, 6.45) is 1.87. The lowest BCUT2D eigenvalue weighted by Crippen LogP contribution is -2.01. The molecule has 102 valence electrons. The molecular formula is C18H18O2. The van der Waals surface area contributed by atoms with Gasteiger partial charge in [0.05, 0.1) is 7.11 Å². The molecule has 0 aromatic heterocycles.